The molecule has 0 unspecified atom stereocenters. The van der Waals surface area contributed by atoms with E-state index in [4.69, 9.17) is 5.84 Å². The van der Waals surface area contributed by atoms with Crippen molar-refractivity contribution in [1.82, 2.24) is 15.2 Å². The molecule has 0 saturated carbocycles. The predicted octanol–water partition coefficient (Wildman–Crippen LogP) is 0.810. The lowest BCUT2D eigenvalue weighted by molar-refractivity contribution is -0.121. The van der Waals surface area contributed by atoms with Crippen LogP contribution in [0.5, 0.6) is 0 Å². The van der Waals surface area contributed by atoms with Gasteiger partial charge in [-0.15, -0.1) is 0 Å². The van der Waals surface area contributed by atoms with Crippen LogP contribution in [0.25, 0.3) is 0 Å². The van der Waals surface area contributed by atoms with Gasteiger partial charge in [-0.3, -0.25) is 10.2 Å². The van der Waals surface area contributed by atoms with Gasteiger partial charge in [0.1, 0.15) is 0 Å². The zero-order valence-electron chi connectivity index (χ0n) is 12.2. The molecule has 0 rings (SSSR count). The molecule has 0 aromatic carbocycles. The molecule has 0 aromatic heterocycles. The molecule has 0 aliphatic rings. The van der Waals surface area contributed by atoms with E-state index in [2.05, 4.69) is 36.0 Å². The van der Waals surface area contributed by atoms with E-state index in [1.807, 2.05) is 0 Å². The summed E-state index contributed by atoms with van der Waals surface area (Å²) in [5.74, 6) is 4.97. The number of nitrogens with one attached hydrogen (secondary N) is 1. The number of rotatable bonds is 11. The second-order valence-corrected chi connectivity index (χ2v) is 4.49. The number of carbonyl (C=O) groups is 1. The van der Waals surface area contributed by atoms with E-state index in [0.717, 1.165) is 45.7 Å². The van der Waals surface area contributed by atoms with Crippen molar-refractivity contribution in [3.05, 3.63) is 0 Å². The Kier molecular flexibility index (Phi) is 11.0. The molecular formula is C13H30N4O. The summed E-state index contributed by atoms with van der Waals surface area (Å²) in [4.78, 5) is 15.8. The van der Waals surface area contributed by atoms with Crippen LogP contribution in [0.2, 0.25) is 0 Å². The molecule has 0 radical (unpaired) electrons. The highest BCUT2D eigenvalue weighted by Crippen LogP contribution is 1.99. The van der Waals surface area contributed by atoms with E-state index < -0.39 is 0 Å². The van der Waals surface area contributed by atoms with Gasteiger partial charge in [0.2, 0.25) is 5.91 Å². The van der Waals surface area contributed by atoms with E-state index in [1.54, 1.807) is 0 Å². The molecule has 108 valence electrons. The Bertz CT molecular complexity index is 207. The van der Waals surface area contributed by atoms with Crippen LogP contribution in [-0.4, -0.2) is 55.0 Å². The van der Waals surface area contributed by atoms with E-state index in [1.165, 1.54) is 6.42 Å². The maximum atomic E-state index is 11.0. The van der Waals surface area contributed by atoms with Crippen LogP contribution in [0.15, 0.2) is 0 Å². The fourth-order valence-corrected chi connectivity index (χ4v) is 2.02. The van der Waals surface area contributed by atoms with Crippen LogP contribution in [0.1, 0.15) is 40.0 Å². The molecule has 18 heavy (non-hydrogen) atoms. The molecule has 0 fully saturated rings. The minimum Gasteiger partial charge on any atom is -0.304 e. The van der Waals surface area contributed by atoms with Crippen LogP contribution in [0.3, 0.4) is 0 Å². The summed E-state index contributed by atoms with van der Waals surface area (Å²) in [7, 11) is 0. The van der Waals surface area contributed by atoms with E-state index in [9.17, 15) is 4.79 Å². The predicted molar refractivity (Wildman–Crippen MR) is 76.1 cm³/mol. The molecule has 0 aliphatic carbocycles. The zero-order chi connectivity index (χ0) is 13.8. The Morgan fingerprint density at radius 3 is 1.94 bits per heavy atom. The second kappa shape index (κ2) is 11.4. The van der Waals surface area contributed by atoms with E-state index in [-0.39, 0.29) is 5.91 Å². The maximum absolute atomic E-state index is 11.0. The van der Waals surface area contributed by atoms with Gasteiger partial charge in [0.25, 0.3) is 0 Å². The number of carbonyl (C=O) groups excluding carboxylic acids is 1. The standard InChI is InChI=1S/C13H30N4O/c1-4-16(5-2)11-8-12-17(6-3)10-7-9-13(18)15-14/h4-12,14H2,1-3H3,(H,15,18). The van der Waals surface area contributed by atoms with Crippen molar-refractivity contribution in [3.8, 4) is 0 Å². The molecule has 5 nitrogen and oxygen atoms in total. The van der Waals surface area contributed by atoms with Gasteiger partial charge in [0, 0.05) is 6.42 Å². The third-order valence-corrected chi connectivity index (χ3v) is 3.33. The lowest BCUT2D eigenvalue weighted by atomic mass is 10.2. The van der Waals surface area contributed by atoms with Gasteiger partial charge < -0.3 is 9.80 Å². The Labute approximate surface area is 112 Å². The smallest absolute Gasteiger partial charge is 0.233 e. The Morgan fingerprint density at radius 2 is 1.44 bits per heavy atom. The Morgan fingerprint density at radius 1 is 0.944 bits per heavy atom. The highest BCUT2D eigenvalue weighted by molar-refractivity contribution is 5.75. The summed E-state index contributed by atoms with van der Waals surface area (Å²) in [6.07, 6.45) is 2.59. The molecule has 3 N–H and O–H groups in total. The van der Waals surface area contributed by atoms with Crippen molar-refractivity contribution in [2.45, 2.75) is 40.0 Å². The average molecular weight is 258 g/mol. The van der Waals surface area contributed by atoms with Gasteiger partial charge >= 0.3 is 0 Å². The van der Waals surface area contributed by atoms with Gasteiger partial charge in [-0.05, 0) is 52.1 Å². The number of nitrogens with two attached hydrogens (primary N) is 1. The van der Waals surface area contributed by atoms with E-state index in [0.29, 0.717) is 6.42 Å². The van der Waals surface area contributed by atoms with Gasteiger partial charge in [-0.2, -0.15) is 0 Å². The van der Waals surface area contributed by atoms with Gasteiger partial charge in [-0.25, -0.2) is 5.84 Å². The molecule has 0 aromatic rings. The summed E-state index contributed by atoms with van der Waals surface area (Å²) in [6, 6.07) is 0. The van der Waals surface area contributed by atoms with Gasteiger partial charge in [0.05, 0.1) is 0 Å². The van der Waals surface area contributed by atoms with Crippen molar-refractivity contribution >= 4 is 5.91 Å². The first kappa shape index (κ1) is 17.4. The monoisotopic (exact) mass is 258 g/mol. The number of hydrogen-bond donors (Lipinski definition) is 2. The van der Waals surface area contributed by atoms with Crippen molar-refractivity contribution < 1.29 is 4.79 Å². The highest BCUT2D eigenvalue weighted by atomic mass is 16.2. The van der Waals surface area contributed by atoms with Crippen molar-refractivity contribution in [2.75, 3.05) is 39.3 Å². The molecule has 0 bridgehead atoms. The Hall–Kier alpha value is -0.650. The first-order chi connectivity index (χ1) is 8.67. The summed E-state index contributed by atoms with van der Waals surface area (Å²) in [5, 5.41) is 0. The third-order valence-electron chi connectivity index (χ3n) is 3.33. The number of nitrogens with zero attached hydrogens (tertiary/aromatic N) is 2. The first-order valence-corrected chi connectivity index (χ1v) is 7.12. The summed E-state index contributed by atoms with van der Waals surface area (Å²) in [6.45, 7) is 13.1. The number of amides is 1. The van der Waals surface area contributed by atoms with Crippen LogP contribution in [0.4, 0.5) is 0 Å². The lowest BCUT2D eigenvalue weighted by Gasteiger charge is -2.23. The molecule has 0 spiro atoms. The lowest BCUT2D eigenvalue weighted by Crippen LogP contribution is -2.33. The quantitative estimate of drug-likeness (QED) is 0.327. The van der Waals surface area contributed by atoms with Crippen molar-refractivity contribution in [1.29, 1.82) is 0 Å². The van der Waals surface area contributed by atoms with Crippen LogP contribution in [-0.2, 0) is 4.79 Å². The fraction of sp³-hybridized carbons (Fsp3) is 0.923. The highest BCUT2D eigenvalue weighted by Gasteiger charge is 2.05. The minimum atomic E-state index is -0.0748. The summed E-state index contributed by atoms with van der Waals surface area (Å²) >= 11 is 0. The molecule has 5 heteroatoms. The van der Waals surface area contributed by atoms with Crippen LogP contribution < -0.4 is 11.3 Å². The maximum Gasteiger partial charge on any atom is 0.233 e. The minimum absolute atomic E-state index is 0.0748. The topological polar surface area (TPSA) is 61.6 Å². The zero-order valence-corrected chi connectivity index (χ0v) is 12.2. The van der Waals surface area contributed by atoms with Crippen LogP contribution >= 0.6 is 0 Å². The third kappa shape index (κ3) is 8.44. The van der Waals surface area contributed by atoms with E-state index >= 15 is 0 Å². The number of hydrazine groups is 1. The first-order valence-electron chi connectivity index (χ1n) is 7.12. The molecule has 1 amide bonds. The fourth-order valence-electron chi connectivity index (χ4n) is 2.02. The normalized spacial score (nSPS) is 11.2. The second-order valence-electron chi connectivity index (χ2n) is 4.49. The SMILES string of the molecule is CCN(CC)CCCN(CC)CCCC(=O)NN. The van der Waals surface area contributed by atoms with Crippen molar-refractivity contribution in [3.63, 3.8) is 0 Å². The molecule has 0 atom stereocenters. The molecular weight excluding hydrogens is 228 g/mol. The van der Waals surface area contributed by atoms with Gasteiger partial charge in [-0.1, -0.05) is 20.8 Å². The van der Waals surface area contributed by atoms with Crippen LogP contribution in [0, 0.1) is 0 Å². The largest absolute Gasteiger partial charge is 0.304 e. The summed E-state index contributed by atoms with van der Waals surface area (Å²) in [5.41, 5.74) is 2.17. The van der Waals surface area contributed by atoms with Crippen molar-refractivity contribution in [2.24, 2.45) is 5.84 Å². The summed E-state index contributed by atoms with van der Waals surface area (Å²) < 4.78 is 0. The molecule has 0 heterocycles. The van der Waals surface area contributed by atoms with Gasteiger partial charge in [0.15, 0.2) is 0 Å². The average Bonchev–Trinajstić information content (AvgIpc) is 2.41. The number of hydrogen-bond acceptors (Lipinski definition) is 4. The Balaban J connectivity index is 3.66. The molecule has 0 aliphatic heterocycles. The molecule has 0 saturated heterocycles.